The zero-order valence-corrected chi connectivity index (χ0v) is 12.7. The number of ether oxygens (including phenoxy) is 1. The maximum atomic E-state index is 12.7. The minimum absolute atomic E-state index is 0.137. The molecule has 1 amide bonds. The number of nitrogens with zero attached hydrogens (tertiary/aromatic N) is 5. The zero-order valence-electron chi connectivity index (χ0n) is 11.9. The van der Waals surface area contributed by atoms with Crippen LogP contribution in [0.5, 0.6) is 0 Å². The highest BCUT2D eigenvalue weighted by Crippen LogP contribution is 2.24. The maximum absolute atomic E-state index is 12.7. The summed E-state index contributed by atoms with van der Waals surface area (Å²) >= 11 is 1.02. The molecular weight excluding hydrogens is 323 g/mol. The van der Waals surface area contributed by atoms with Crippen molar-refractivity contribution in [2.75, 3.05) is 25.5 Å². The van der Waals surface area contributed by atoms with Gasteiger partial charge < -0.3 is 9.64 Å². The van der Waals surface area contributed by atoms with Crippen LogP contribution in [0.25, 0.3) is 0 Å². The molecule has 7 nitrogen and oxygen atoms in total. The van der Waals surface area contributed by atoms with Gasteiger partial charge in [0.05, 0.1) is 5.75 Å². The molecule has 0 N–H and O–H groups in total. The number of aryl methyl sites for hydroxylation is 1. The van der Waals surface area contributed by atoms with Gasteiger partial charge in [0, 0.05) is 26.3 Å². The van der Waals surface area contributed by atoms with Gasteiger partial charge in [0.15, 0.2) is 0 Å². The van der Waals surface area contributed by atoms with E-state index < -0.39 is 24.7 Å². The molecular formula is C11H16F3N5O2S. The molecule has 0 saturated carbocycles. The summed E-state index contributed by atoms with van der Waals surface area (Å²) < 4.78 is 44.7. The van der Waals surface area contributed by atoms with Crippen molar-refractivity contribution >= 4 is 17.7 Å². The first-order valence-corrected chi connectivity index (χ1v) is 7.64. The minimum atomic E-state index is -4.43. The maximum Gasteiger partial charge on any atom is 0.406 e. The molecule has 1 aromatic rings. The number of hydrogen-bond donors (Lipinski definition) is 0. The fourth-order valence-corrected chi connectivity index (χ4v) is 2.90. The summed E-state index contributed by atoms with van der Waals surface area (Å²) in [6.45, 7) is -0.507. The van der Waals surface area contributed by atoms with Crippen LogP contribution in [-0.4, -0.2) is 68.7 Å². The molecule has 22 heavy (non-hydrogen) atoms. The molecule has 2 heterocycles. The highest BCUT2D eigenvalue weighted by Gasteiger charge is 2.37. The van der Waals surface area contributed by atoms with Gasteiger partial charge in [-0.2, -0.15) is 13.2 Å². The molecule has 1 saturated heterocycles. The fourth-order valence-electron chi connectivity index (χ4n) is 2.16. The molecule has 1 aromatic heterocycles. The molecule has 0 aliphatic carbocycles. The van der Waals surface area contributed by atoms with E-state index in [2.05, 4.69) is 15.5 Å². The summed E-state index contributed by atoms with van der Waals surface area (Å²) in [6.07, 6.45) is -3.60. The van der Waals surface area contributed by atoms with Crippen LogP contribution < -0.4 is 0 Å². The molecule has 0 bridgehead atoms. The first kappa shape index (κ1) is 17.0. The van der Waals surface area contributed by atoms with Crippen molar-refractivity contribution in [3.05, 3.63) is 0 Å². The van der Waals surface area contributed by atoms with Crippen molar-refractivity contribution < 1.29 is 22.7 Å². The lowest BCUT2D eigenvalue weighted by atomic mass is 10.1. The Morgan fingerprint density at radius 1 is 1.45 bits per heavy atom. The summed E-state index contributed by atoms with van der Waals surface area (Å²) in [5.41, 5.74) is 0. The standard InChI is InChI=1S/C11H16F3N5O2S/c1-18-10(15-16-17-18)22-6-9(20)19(7-11(12,13)14)8-2-4-21-5-3-8/h8H,2-7H2,1H3. The van der Waals surface area contributed by atoms with Crippen molar-refractivity contribution in [2.45, 2.75) is 30.2 Å². The van der Waals surface area contributed by atoms with Crippen LogP contribution in [0, 0.1) is 0 Å². The lowest BCUT2D eigenvalue weighted by Gasteiger charge is -2.34. The van der Waals surface area contributed by atoms with Crippen molar-refractivity contribution in [3.63, 3.8) is 0 Å². The van der Waals surface area contributed by atoms with Gasteiger partial charge in [0.25, 0.3) is 0 Å². The predicted octanol–water partition coefficient (Wildman–Crippen LogP) is 0.872. The predicted molar refractivity (Wildman–Crippen MR) is 71.1 cm³/mol. The van der Waals surface area contributed by atoms with Crippen molar-refractivity contribution in [1.82, 2.24) is 25.1 Å². The van der Waals surface area contributed by atoms with Crippen molar-refractivity contribution in [1.29, 1.82) is 0 Å². The SMILES string of the molecule is Cn1nnnc1SCC(=O)N(CC(F)(F)F)C1CCOCC1. The summed E-state index contributed by atoms with van der Waals surface area (Å²) in [5.74, 6) is -0.709. The average molecular weight is 339 g/mol. The highest BCUT2D eigenvalue weighted by molar-refractivity contribution is 7.99. The second-order valence-electron chi connectivity index (χ2n) is 4.85. The van der Waals surface area contributed by atoms with Crippen LogP contribution in [-0.2, 0) is 16.6 Å². The Bertz CT molecular complexity index is 504. The number of halogens is 3. The van der Waals surface area contributed by atoms with Gasteiger partial charge in [0.1, 0.15) is 6.54 Å². The van der Waals surface area contributed by atoms with Gasteiger partial charge >= 0.3 is 6.18 Å². The molecule has 11 heteroatoms. The number of aromatic nitrogens is 4. The summed E-state index contributed by atoms with van der Waals surface area (Å²) in [5, 5.41) is 11.1. The van der Waals surface area contributed by atoms with Gasteiger partial charge in [-0.05, 0) is 23.3 Å². The number of carbonyl (C=O) groups is 1. The molecule has 2 rings (SSSR count). The second-order valence-corrected chi connectivity index (χ2v) is 5.80. The number of thioether (sulfide) groups is 1. The van der Waals surface area contributed by atoms with E-state index in [1.54, 1.807) is 7.05 Å². The molecule has 0 atom stereocenters. The lowest BCUT2D eigenvalue weighted by Crippen LogP contribution is -2.48. The van der Waals surface area contributed by atoms with Gasteiger partial charge in [-0.1, -0.05) is 11.8 Å². The third-order valence-corrected chi connectivity index (χ3v) is 4.20. The van der Waals surface area contributed by atoms with E-state index in [0.29, 0.717) is 31.2 Å². The third-order valence-electron chi connectivity index (χ3n) is 3.21. The Kier molecular flexibility index (Phi) is 5.62. The van der Waals surface area contributed by atoms with E-state index in [1.807, 2.05) is 0 Å². The highest BCUT2D eigenvalue weighted by atomic mass is 32.2. The molecule has 0 spiro atoms. The van der Waals surface area contributed by atoms with Gasteiger partial charge in [-0.3, -0.25) is 4.79 Å². The first-order valence-electron chi connectivity index (χ1n) is 6.66. The van der Waals surface area contributed by atoms with E-state index in [0.717, 1.165) is 16.7 Å². The molecule has 0 unspecified atom stereocenters. The van der Waals surface area contributed by atoms with E-state index in [-0.39, 0.29) is 5.75 Å². The van der Waals surface area contributed by atoms with Crippen LogP contribution in [0.4, 0.5) is 13.2 Å². The zero-order chi connectivity index (χ0) is 16.2. The number of hydrogen-bond acceptors (Lipinski definition) is 6. The largest absolute Gasteiger partial charge is 0.406 e. The van der Waals surface area contributed by atoms with Crippen molar-refractivity contribution in [2.24, 2.45) is 7.05 Å². The molecule has 0 aromatic carbocycles. The Balaban J connectivity index is 1.99. The summed E-state index contributed by atoms with van der Waals surface area (Å²) in [4.78, 5) is 13.1. The number of carbonyl (C=O) groups excluding carboxylic acids is 1. The van der Waals surface area contributed by atoms with Gasteiger partial charge in [-0.25, -0.2) is 4.68 Å². The Hall–Kier alpha value is -1.36. The molecule has 1 aliphatic heterocycles. The van der Waals surface area contributed by atoms with Gasteiger partial charge in [-0.15, -0.1) is 5.10 Å². The van der Waals surface area contributed by atoms with E-state index in [9.17, 15) is 18.0 Å². The van der Waals surface area contributed by atoms with E-state index >= 15 is 0 Å². The van der Waals surface area contributed by atoms with Crippen molar-refractivity contribution in [3.8, 4) is 0 Å². The number of alkyl halides is 3. The normalized spacial score (nSPS) is 16.7. The summed E-state index contributed by atoms with van der Waals surface area (Å²) in [6, 6.07) is -0.443. The number of tetrazole rings is 1. The molecule has 0 radical (unpaired) electrons. The summed E-state index contributed by atoms with van der Waals surface area (Å²) in [7, 11) is 1.60. The minimum Gasteiger partial charge on any atom is -0.381 e. The van der Waals surface area contributed by atoms with Crippen LogP contribution in [0.1, 0.15) is 12.8 Å². The third kappa shape index (κ3) is 4.83. The Labute approximate surface area is 129 Å². The number of rotatable bonds is 5. The quantitative estimate of drug-likeness (QED) is 0.741. The van der Waals surface area contributed by atoms with Gasteiger partial charge in [0.2, 0.25) is 11.1 Å². The number of amides is 1. The van der Waals surface area contributed by atoms with Crippen LogP contribution in [0.15, 0.2) is 5.16 Å². The van der Waals surface area contributed by atoms with Crippen LogP contribution in [0.2, 0.25) is 0 Å². The smallest absolute Gasteiger partial charge is 0.381 e. The second kappa shape index (κ2) is 7.27. The molecule has 124 valence electrons. The monoisotopic (exact) mass is 339 g/mol. The topological polar surface area (TPSA) is 73.1 Å². The molecule has 1 fully saturated rings. The van der Waals surface area contributed by atoms with E-state index in [4.69, 9.17) is 4.74 Å². The molecule has 1 aliphatic rings. The van der Waals surface area contributed by atoms with Crippen LogP contribution in [0.3, 0.4) is 0 Å². The fraction of sp³-hybridized carbons (Fsp3) is 0.818. The first-order chi connectivity index (χ1) is 10.4. The Morgan fingerprint density at radius 3 is 2.68 bits per heavy atom. The van der Waals surface area contributed by atoms with E-state index in [1.165, 1.54) is 4.68 Å². The Morgan fingerprint density at radius 2 is 2.14 bits per heavy atom. The lowest BCUT2D eigenvalue weighted by molar-refractivity contribution is -0.167. The van der Waals surface area contributed by atoms with Crippen LogP contribution >= 0.6 is 11.8 Å². The average Bonchev–Trinajstić information content (AvgIpc) is 2.87.